The lowest BCUT2D eigenvalue weighted by Crippen LogP contribution is -2.57. The van der Waals surface area contributed by atoms with Crippen molar-refractivity contribution >= 4 is 17.9 Å². The van der Waals surface area contributed by atoms with E-state index in [-0.39, 0.29) is 0 Å². The van der Waals surface area contributed by atoms with Crippen LogP contribution in [-0.2, 0) is 14.4 Å². The van der Waals surface area contributed by atoms with Gasteiger partial charge in [-0.15, -0.1) is 0 Å². The zero-order valence-electron chi connectivity index (χ0n) is 9.40. The molecule has 17 heavy (non-hydrogen) atoms. The van der Waals surface area contributed by atoms with Crippen molar-refractivity contribution in [3.8, 4) is 0 Å². The predicted octanol–water partition coefficient (Wildman–Crippen LogP) is -1.32. The average Bonchev–Trinajstić information content (AvgIpc) is 2.22. The third-order valence-corrected chi connectivity index (χ3v) is 2.43. The second-order valence-corrected chi connectivity index (χ2v) is 3.51. The van der Waals surface area contributed by atoms with Crippen LogP contribution in [0.15, 0.2) is 0 Å². The Balaban J connectivity index is 5.29. The molecule has 0 aliphatic rings. The van der Waals surface area contributed by atoms with Gasteiger partial charge in [-0.25, -0.2) is 0 Å². The summed E-state index contributed by atoms with van der Waals surface area (Å²) in [6, 6.07) is -4.25. The van der Waals surface area contributed by atoms with Crippen molar-refractivity contribution in [2.45, 2.75) is 32.0 Å². The standard InChI is InChI=1S/C9H15NO7/c1-4(7(12)13)10(5(2)8(14)15)6(3-11)9(16)17/h4-6,11H,3H2,1-2H3,(H,12,13)(H,14,15)(H,16,17)/t4?,5?,6-/m0/s1. The highest BCUT2D eigenvalue weighted by Crippen LogP contribution is 2.12. The Bertz CT molecular complexity index is 296. The summed E-state index contributed by atoms with van der Waals surface area (Å²) >= 11 is 0. The highest BCUT2D eigenvalue weighted by atomic mass is 16.4. The van der Waals surface area contributed by atoms with Crippen LogP contribution in [0, 0.1) is 0 Å². The van der Waals surface area contributed by atoms with Gasteiger partial charge in [-0.3, -0.25) is 19.3 Å². The third kappa shape index (κ3) is 3.68. The fourth-order valence-electron chi connectivity index (χ4n) is 1.43. The van der Waals surface area contributed by atoms with E-state index in [9.17, 15) is 14.4 Å². The zero-order chi connectivity index (χ0) is 13.7. The van der Waals surface area contributed by atoms with E-state index in [4.69, 9.17) is 20.4 Å². The summed E-state index contributed by atoms with van der Waals surface area (Å²) in [6.07, 6.45) is 0. The molecule has 0 amide bonds. The molecule has 98 valence electrons. The first-order chi connectivity index (χ1) is 7.73. The second-order valence-electron chi connectivity index (χ2n) is 3.51. The molecule has 0 aliphatic carbocycles. The van der Waals surface area contributed by atoms with E-state index in [2.05, 4.69) is 0 Å². The van der Waals surface area contributed by atoms with Gasteiger partial charge < -0.3 is 20.4 Å². The molecule has 0 radical (unpaired) electrons. The first kappa shape index (κ1) is 15.3. The second kappa shape index (κ2) is 6.16. The first-order valence-corrected chi connectivity index (χ1v) is 4.80. The van der Waals surface area contributed by atoms with Crippen LogP contribution in [-0.4, -0.2) is 68.0 Å². The van der Waals surface area contributed by atoms with E-state index in [1.54, 1.807) is 0 Å². The third-order valence-electron chi connectivity index (χ3n) is 2.43. The van der Waals surface area contributed by atoms with Gasteiger partial charge >= 0.3 is 17.9 Å². The molecule has 0 bridgehead atoms. The average molecular weight is 249 g/mol. The van der Waals surface area contributed by atoms with Gasteiger partial charge in [0.05, 0.1) is 6.61 Å². The van der Waals surface area contributed by atoms with Crippen LogP contribution in [0.1, 0.15) is 13.8 Å². The molecule has 0 aromatic heterocycles. The molecular weight excluding hydrogens is 234 g/mol. The van der Waals surface area contributed by atoms with Crippen LogP contribution in [0.5, 0.6) is 0 Å². The number of aliphatic hydroxyl groups excluding tert-OH is 1. The van der Waals surface area contributed by atoms with Crippen molar-refractivity contribution in [3.63, 3.8) is 0 Å². The number of aliphatic hydroxyl groups is 1. The van der Waals surface area contributed by atoms with Crippen LogP contribution in [0.4, 0.5) is 0 Å². The molecule has 2 unspecified atom stereocenters. The lowest BCUT2D eigenvalue weighted by molar-refractivity contribution is -0.158. The largest absolute Gasteiger partial charge is 0.480 e. The summed E-state index contributed by atoms with van der Waals surface area (Å²) in [6.45, 7) is 1.45. The van der Waals surface area contributed by atoms with E-state index >= 15 is 0 Å². The van der Waals surface area contributed by atoms with Crippen molar-refractivity contribution in [3.05, 3.63) is 0 Å². The number of hydrogen-bond donors (Lipinski definition) is 4. The van der Waals surface area contributed by atoms with E-state index in [0.717, 1.165) is 18.7 Å². The first-order valence-electron chi connectivity index (χ1n) is 4.80. The summed E-state index contributed by atoms with van der Waals surface area (Å²) in [5, 5.41) is 35.3. The summed E-state index contributed by atoms with van der Waals surface area (Å²) in [4.78, 5) is 33.2. The Labute approximate surface area is 97.1 Å². The lowest BCUT2D eigenvalue weighted by Gasteiger charge is -2.33. The fourth-order valence-corrected chi connectivity index (χ4v) is 1.43. The Morgan fingerprint density at radius 1 is 0.941 bits per heavy atom. The van der Waals surface area contributed by atoms with Crippen molar-refractivity contribution in [1.82, 2.24) is 4.90 Å². The highest BCUT2D eigenvalue weighted by Gasteiger charge is 2.38. The van der Waals surface area contributed by atoms with Gasteiger partial charge in [0.2, 0.25) is 0 Å². The summed E-state index contributed by atoms with van der Waals surface area (Å²) in [7, 11) is 0. The van der Waals surface area contributed by atoms with Crippen LogP contribution >= 0.6 is 0 Å². The molecule has 0 aromatic rings. The monoisotopic (exact) mass is 249 g/mol. The van der Waals surface area contributed by atoms with Gasteiger partial charge in [0.25, 0.3) is 0 Å². The van der Waals surface area contributed by atoms with Crippen LogP contribution < -0.4 is 0 Å². The van der Waals surface area contributed by atoms with Gasteiger partial charge in [-0.05, 0) is 13.8 Å². The van der Waals surface area contributed by atoms with Crippen LogP contribution in [0.3, 0.4) is 0 Å². The fraction of sp³-hybridized carbons (Fsp3) is 0.667. The Morgan fingerprint density at radius 2 is 1.29 bits per heavy atom. The normalized spacial score (nSPS) is 16.2. The Morgan fingerprint density at radius 3 is 1.47 bits per heavy atom. The number of hydrogen-bond acceptors (Lipinski definition) is 5. The Kier molecular flexibility index (Phi) is 5.56. The minimum atomic E-state index is -1.58. The molecule has 0 heterocycles. The van der Waals surface area contributed by atoms with Crippen molar-refractivity contribution < 1.29 is 34.8 Å². The molecule has 0 saturated carbocycles. The van der Waals surface area contributed by atoms with E-state index < -0.39 is 42.6 Å². The molecule has 0 rings (SSSR count). The topological polar surface area (TPSA) is 135 Å². The highest BCUT2D eigenvalue weighted by molar-refractivity contribution is 5.80. The predicted molar refractivity (Wildman–Crippen MR) is 54.5 cm³/mol. The van der Waals surface area contributed by atoms with Crippen molar-refractivity contribution in [2.24, 2.45) is 0 Å². The van der Waals surface area contributed by atoms with Gasteiger partial charge in [-0.2, -0.15) is 0 Å². The molecule has 0 aromatic carbocycles. The maximum atomic E-state index is 10.8. The van der Waals surface area contributed by atoms with Crippen molar-refractivity contribution in [1.29, 1.82) is 0 Å². The molecule has 8 heteroatoms. The smallest absolute Gasteiger partial charge is 0.323 e. The van der Waals surface area contributed by atoms with E-state index in [1.807, 2.05) is 0 Å². The van der Waals surface area contributed by atoms with Crippen LogP contribution in [0.25, 0.3) is 0 Å². The van der Waals surface area contributed by atoms with Gasteiger partial charge in [-0.1, -0.05) is 0 Å². The summed E-state index contributed by atoms with van der Waals surface area (Å²) in [5.41, 5.74) is 0. The Hall–Kier alpha value is -1.67. The number of rotatable bonds is 7. The quantitative estimate of drug-likeness (QED) is 0.436. The summed E-state index contributed by atoms with van der Waals surface area (Å²) < 4.78 is 0. The minimum Gasteiger partial charge on any atom is -0.480 e. The lowest BCUT2D eigenvalue weighted by atomic mass is 10.1. The SMILES string of the molecule is CC(C(=O)O)N(C(C)C(=O)O)[C@@H](CO)C(=O)O. The van der Waals surface area contributed by atoms with Gasteiger partial charge in [0.1, 0.15) is 18.1 Å². The molecule has 4 N–H and O–H groups in total. The molecule has 0 fully saturated rings. The number of carbonyl (C=O) groups is 3. The molecule has 0 aliphatic heterocycles. The molecule has 0 saturated heterocycles. The number of aliphatic carboxylic acids is 3. The molecule has 8 nitrogen and oxygen atoms in total. The van der Waals surface area contributed by atoms with Crippen molar-refractivity contribution in [2.75, 3.05) is 6.61 Å². The zero-order valence-corrected chi connectivity index (χ0v) is 9.40. The van der Waals surface area contributed by atoms with Gasteiger partial charge in [0, 0.05) is 0 Å². The van der Waals surface area contributed by atoms with E-state index in [0.29, 0.717) is 0 Å². The molecular formula is C9H15NO7. The van der Waals surface area contributed by atoms with E-state index in [1.165, 1.54) is 0 Å². The summed E-state index contributed by atoms with van der Waals surface area (Å²) in [5.74, 6) is -4.20. The maximum Gasteiger partial charge on any atom is 0.323 e. The number of carboxylic acids is 3. The van der Waals surface area contributed by atoms with Crippen LogP contribution in [0.2, 0.25) is 0 Å². The van der Waals surface area contributed by atoms with Gasteiger partial charge in [0.15, 0.2) is 0 Å². The minimum absolute atomic E-state index is 0.729. The molecule has 0 spiro atoms. The number of carboxylic acid groups (broad SMARTS) is 3. The molecule has 3 atom stereocenters. The number of nitrogens with zero attached hydrogens (tertiary/aromatic N) is 1. The maximum absolute atomic E-state index is 10.8.